The van der Waals surface area contributed by atoms with Crippen LogP contribution < -0.4 is 10.1 Å². The van der Waals surface area contributed by atoms with Crippen molar-refractivity contribution in [1.29, 1.82) is 0 Å². The molecule has 154 valence electrons. The highest BCUT2D eigenvalue weighted by atomic mass is 16.5. The number of rotatable bonds is 6. The van der Waals surface area contributed by atoms with Crippen LogP contribution in [0.4, 0.5) is 5.69 Å². The molecule has 0 aromatic heterocycles. The molecule has 0 radical (unpaired) electrons. The molecule has 2 aliphatic heterocycles. The van der Waals surface area contributed by atoms with Gasteiger partial charge >= 0.3 is 0 Å². The maximum atomic E-state index is 12.8. The summed E-state index contributed by atoms with van der Waals surface area (Å²) in [5.74, 6) is 1.03. The number of amides is 1. The second kappa shape index (κ2) is 9.42. The number of carbonyl (C=O) groups excluding carboxylic acids is 1. The molecule has 0 aliphatic carbocycles. The van der Waals surface area contributed by atoms with Crippen LogP contribution in [0.1, 0.15) is 25.7 Å². The molecule has 0 spiro atoms. The second-order valence-corrected chi connectivity index (χ2v) is 8.01. The molecule has 2 saturated heterocycles. The third kappa shape index (κ3) is 5.17. The minimum Gasteiger partial charge on any atom is -0.497 e. The monoisotopic (exact) mass is 394 g/mol. The Kier molecular flexibility index (Phi) is 6.47. The molecule has 2 aliphatic rings. The summed E-state index contributed by atoms with van der Waals surface area (Å²) < 4.78 is 11.1. The summed E-state index contributed by atoms with van der Waals surface area (Å²) in [5, 5.41) is 3.12. The molecule has 2 aromatic rings. The van der Waals surface area contributed by atoms with E-state index < -0.39 is 0 Å². The van der Waals surface area contributed by atoms with E-state index in [0.717, 1.165) is 61.6 Å². The average Bonchev–Trinajstić information content (AvgIpc) is 3.27. The Morgan fingerprint density at radius 1 is 1.10 bits per heavy atom. The highest BCUT2D eigenvalue weighted by Crippen LogP contribution is 2.27. The van der Waals surface area contributed by atoms with Gasteiger partial charge in [0.1, 0.15) is 5.75 Å². The Balaban J connectivity index is 1.33. The Hall–Kier alpha value is -2.37. The van der Waals surface area contributed by atoms with Crippen molar-refractivity contribution in [3.8, 4) is 16.9 Å². The highest BCUT2D eigenvalue weighted by Gasteiger charge is 2.27. The standard InChI is InChI=1S/C24H30N2O3/c1-28-22-8-3-6-20(16-22)19-5-2-7-21(15-19)25-24(27)18-10-12-26(13-11-18)17-23-9-4-14-29-23/h2-3,5-8,15-16,18,23H,4,9-14,17H2,1H3,(H,25,27). The zero-order valence-corrected chi connectivity index (χ0v) is 17.1. The van der Waals surface area contributed by atoms with Gasteiger partial charge in [0, 0.05) is 24.8 Å². The van der Waals surface area contributed by atoms with Crippen LogP contribution in [0.3, 0.4) is 0 Å². The summed E-state index contributed by atoms with van der Waals surface area (Å²) in [6.45, 7) is 3.86. The summed E-state index contributed by atoms with van der Waals surface area (Å²) in [6, 6.07) is 16.0. The first-order valence-electron chi connectivity index (χ1n) is 10.6. The fourth-order valence-electron chi connectivity index (χ4n) is 4.28. The van der Waals surface area contributed by atoms with Crippen LogP contribution in [0.15, 0.2) is 48.5 Å². The van der Waals surface area contributed by atoms with Gasteiger partial charge in [-0.25, -0.2) is 0 Å². The van der Waals surface area contributed by atoms with E-state index in [1.165, 1.54) is 12.8 Å². The highest BCUT2D eigenvalue weighted by molar-refractivity contribution is 5.93. The molecule has 1 amide bonds. The fourth-order valence-corrected chi connectivity index (χ4v) is 4.28. The van der Waals surface area contributed by atoms with Crippen molar-refractivity contribution in [3.05, 3.63) is 48.5 Å². The van der Waals surface area contributed by atoms with Crippen molar-refractivity contribution >= 4 is 11.6 Å². The minimum absolute atomic E-state index is 0.0798. The van der Waals surface area contributed by atoms with Crippen molar-refractivity contribution in [1.82, 2.24) is 4.90 Å². The number of hydrogen-bond acceptors (Lipinski definition) is 4. The van der Waals surface area contributed by atoms with Crippen LogP contribution >= 0.6 is 0 Å². The van der Waals surface area contributed by atoms with Gasteiger partial charge in [-0.05, 0) is 74.2 Å². The summed E-state index contributed by atoms with van der Waals surface area (Å²) in [5.41, 5.74) is 2.98. The van der Waals surface area contributed by atoms with Crippen LogP contribution in [-0.4, -0.2) is 50.3 Å². The predicted octanol–water partition coefficient (Wildman–Crippen LogP) is 4.19. The van der Waals surface area contributed by atoms with Crippen molar-refractivity contribution in [2.45, 2.75) is 31.8 Å². The molecule has 1 N–H and O–H groups in total. The van der Waals surface area contributed by atoms with E-state index in [2.05, 4.69) is 10.2 Å². The van der Waals surface area contributed by atoms with E-state index in [0.29, 0.717) is 6.10 Å². The van der Waals surface area contributed by atoms with Crippen LogP contribution in [-0.2, 0) is 9.53 Å². The van der Waals surface area contributed by atoms with E-state index >= 15 is 0 Å². The van der Waals surface area contributed by atoms with Crippen LogP contribution in [0.25, 0.3) is 11.1 Å². The third-order valence-electron chi connectivity index (χ3n) is 5.98. The van der Waals surface area contributed by atoms with E-state index in [4.69, 9.17) is 9.47 Å². The van der Waals surface area contributed by atoms with E-state index in [1.54, 1.807) is 7.11 Å². The quantitative estimate of drug-likeness (QED) is 0.798. The number of nitrogens with zero attached hydrogens (tertiary/aromatic N) is 1. The topological polar surface area (TPSA) is 50.8 Å². The Morgan fingerprint density at radius 2 is 1.86 bits per heavy atom. The lowest BCUT2D eigenvalue weighted by Crippen LogP contribution is -2.41. The number of hydrogen-bond donors (Lipinski definition) is 1. The molecule has 0 bridgehead atoms. The largest absolute Gasteiger partial charge is 0.497 e. The molecular formula is C24H30N2O3. The van der Waals surface area contributed by atoms with Crippen LogP contribution in [0, 0.1) is 5.92 Å². The summed E-state index contributed by atoms with van der Waals surface area (Å²) >= 11 is 0. The second-order valence-electron chi connectivity index (χ2n) is 8.01. The first kappa shape index (κ1) is 19.9. The van der Waals surface area contributed by atoms with E-state index in [1.807, 2.05) is 48.5 Å². The number of benzene rings is 2. The number of ether oxygens (including phenoxy) is 2. The Labute approximate surface area is 173 Å². The van der Waals surface area contributed by atoms with Gasteiger partial charge < -0.3 is 19.7 Å². The summed E-state index contributed by atoms with van der Waals surface area (Å²) in [4.78, 5) is 15.2. The minimum atomic E-state index is 0.0798. The van der Waals surface area contributed by atoms with Gasteiger partial charge in [-0.3, -0.25) is 4.79 Å². The smallest absolute Gasteiger partial charge is 0.227 e. The molecule has 5 nitrogen and oxygen atoms in total. The third-order valence-corrected chi connectivity index (χ3v) is 5.98. The molecule has 2 heterocycles. The number of piperidine rings is 1. The van der Waals surface area contributed by atoms with Gasteiger partial charge in [0.05, 0.1) is 13.2 Å². The molecule has 5 heteroatoms. The summed E-state index contributed by atoms with van der Waals surface area (Å²) in [7, 11) is 1.67. The molecule has 2 fully saturated rings. The van der Waals surface area contributed by atoms with Crippen LogP contribution in [0.2, 0.25) is 0 Å². The molecule has 2 aromatic carbocycles. The van der Waals surface area contributed by atoms with Gasteiger partial charge in [-0.2, -0.15) is 0 Å². The fraction of sp³-hybridized carbons (Fsp3) is 0.458. The lowest BCUT2D eigenvalue weighted by molar-refractivity contribution is -0.121. The molecule has 29 heavy (non-hydrogen) atoms. The SMILES string of the molecule is COc1cccc(-c2cccc(NC(=O)C3CCN(CC4CCCO4)CC3)c2)c1. The van der Waals surface area contributed by atoms with Gasteiger partial charge in [0.2, 0.25) is 5.91 Å². The van der Waals surface area contributed by atoms with Gasteiger partial charge in [0.25, 0.3) is 0 Å². The lowest BCUT2D eigenvalue weighted by Gasteiger charge is -2.32. The number of likely N-dealkylation sites (tertiary alicyclic amines) is 1. The normalized spacial score (nSPS) is 20.5. The molecule has 4 rings (SSSR count). The number of anilines is 1. The first-order valence-corrected chi connectivity index (χ1v) is 10.6. The molecule has 1 atom stereocenters. The number of methoxy groups -OCH3 is 1. The first-order chi connectivity index (χ1) is 14.2. The van der Waals surface area contributed by atoms with Gasteiger partial charge in [0.15, 0.2) is 0 Å². The van der Waals surface area contributed by atoms with Gasteiger partial charge in [-0.15, -0.1) is 0 Å². The average molecular weight is 395 g/mol. The Morgan fingerprint density at radius 3 is 2.59 bits per heavy atom. The molecule has 1 unspecified atom stereocenters. The predicted molar refractivity (Wildman–Crippen MR) is 115 cm³/mol. The Bertz CT molecular complexity index is 824. The number of carbonyl (C=O) groups is 1. The summed E-state index contributed by atoms with van der Waals surface area (Å²) in [6.07, 6.45) is 4.56. The maximum absolute atomic E-state index is 12.8. The van der Waals surface area contributed by atoms with Crippen molar-refractivity contribution in [3.63, 3.8) is 0 Å². The lowest BCUT2D eigenvalue weighted by atomic mass is 9.95. The van der Waals surface area contributed by atoms with Crippen molar-refractivity contribution in [2.75, 3.05) is 38.7 Å². The van der Waals surface area contributed by atoms with Crippen LogP contribution in [0.5, 0.6) is 5.75 Å². The zero-order chi connectivity index (χ0) is 20.1. The van der Waals surface area contributed by atoms with E-state index in [9.17, 15) is 4.79 Å². The zero-order valence-electron chi connectivity index (χ0n) is 17.1. The number of nitrogens with one attached hydrogen (secondary N) is 1. The molecular weight excluding hydrogens is 364 g/mol. The van der Waals surface area contributed by atoms with Crippen molar-refractivity contribution in [2.24, 2.45) is 5.92 Å². The van der Waals surface area contributed by atoms with Crippen molar-refractivity contribution < 1.29 is 14.3 Å². The molecule has 0 saturated carbocycles. The van der Waals surface area contributed by atoms with Gasteiger partial charge in [-0.1, -0.05) is 24.3 Å². The van der Waals surface area contributed by atoms with E-state index in [-0.39, 0.29) is 11.8 Å². The maximum Gasteiger partial charge on any atom is 0.227 e.